The fourth-order valence-corrected chi connectivity index (χ4v) is 4.04. The van der Waals surface area contributed by atoms with Gasteiger partial charge in [-0.3, -0.25) is 9.69 Å². The quantitative estimate of drug-likeness (QED) is 0.790. The number of furan rings is 1. The Balaban J connectivity index is 1.56. The number of hydrogen-bond acceptors (Lipinski definition) is 5. The Morgan fingerprint density at radius 3 is 2.75 bits per heavy atom. The normalized spacial score (nSPS) is 22.9. The van der Waals surface area contributed by atoms with Crippen LogP contribution >= 0.6 is 0 Å². The number of carbonyl (C=O) groups is 1. The number of carbonyl (C=O) groups excluding carboxylic acids is 1. The van der Waals surface area contributed by atoms with E-state index in [9.17, 15) is 4.79 Å². The van der Waals surface area contributed by atoms with Gasteiger partial charge >= 0.3 is 0 Å². The van der Waals surface area contributed by atoms with Gasteiger partial charge in [0.25, 0.3) is 5.91 Å². The molecule has 0 bridgehead atoms. The van der Waals surface area contributed by atoms with Crippen LogP contribution in [0.3, 0.4) is 0 Å². The number of nitrogens with zero attached hydrogens (tertiary/aromatic N) is 3. The van der Waals surface area contributed by atoms with E-state index >= 15 is 0 Å². The van der Waals surface area contributed by atoms with Crippen LogP contribution in [0, 0.1) is 0 Å². The summed E-state index contributed by atoms with van der Waals surface area (Å²) in [5.41, 5.74) is 1.89. The lowest BCUT2D eigenvalue weighted by Crippen LogP contribution is -2.44. The molecule has 28 heavy (non-hydrogen) atoms. The van der Waals surface area contributed by atoms with Crippen LogP contribution in [-0.2, 0) is 4.79 Å². The molecule has 2 aliphatic heterocycles. The highest BCUT2D eigenvalue weighted by Crippen LogP contribution is 2.33. The largest absolute Gasteiger partial charge is 0.497 e. The Labute approximate surface area is 165 Å². The van der Waals surface area contributed by atoms with Gasteiger partial charge in [0.2, 0.25) is 0 Å². The van der Waals surface area contributed by atoms with Gasteiger partial charge in [0.05, 0.1) is 25.6 Å². The van der Waals surface area contributed by atoms with Crippen molar-refractivity contribution in [2.24, 2.45) is 5.10 Å². The van der Waals surface area contributed by atoms with Gasteiger partial charge < -0.3 is 9.15 Å². The first-order chi connectivity index (χ1) is 13.7. The zero-order valence-electron chi connectivity index (χ0n) is 16.5. The average molecular weight is 381 g/mol. The maximum atomic E-state index is 13.2. The van der Waals surface area contributed by atoms with Gasteiger partial charge in [-0.15, -0.1) is 0 Å². The first kappa shape index (κ1) is 18.7. The number of rotatable bonds is 5. The molecule has 2 aliphatic rings. The smallest absolute Gasteiger partial charge is 0.257 e. The van der Waals surface area contributed by atoms with Crippen LogP contribution < -0.4 is 4.74 Å². The molecule has 148 valence electrons. The summed E-state index contributed by atoms with van der Waals surface area (Å²) in [6.45, 7) is 3.57. The first-order valence-corrected chi connectivity index (χ1v) is 9.97. The zero-order chi connectivity index (χ0) is 19.5. The Morgan fingerprint density at radius 1 is 1.25 bits per heavy atom. The van der Waals surface area contributed by atoms with E-state index in [1.54, 1.807) is 18.4 Å². The number of hydrazone groups is 1. The molecule has 1 saturated heterocycles. The van der Waals surface area contributed by atoms with Gasteiger partial charge in [-0.2, -0.15) is 5.10 Å². The van der Waals surface area contributed by atoms with E-state index in [4.69, 9.17) is 14.3 Å². The maximum absolute atomic E-state index is 13.2. The van der Waals surface area contributed by atoms with Gasteiger partial charge in [-0.1, -0.05) is 6.42 Å². The number of ether oxygens (including phenoxy) is 1. The maximum Gasteiger partial charge on any atom is 0.257 e. The number of benzene rings is 1. The molecular formula is C22H27N3O3. The second kappa shape index (κ2) is 8.19. The molecule has 0 N–H and O–H groups in total. The molecule has 6 nitrogen and oxygen atoms in total. The Hall–Kier alpha value is -2.60. The molecule has 2 aromatic rings. The zero-order valence-corrected chi connectivity index (χ0v) is 16.5. The second-order valence-corrected chi connectivity index (χ2v) is 7.56. The van der Waals surface area contributed by atoms with Crippen molar-refractivity contribution in [3.05, 3.63) is 54.0 Å². The number of piperidine rings is 1. The van der Waals surface area contributed by atoms with Crippen LogP contribution in [0.5, 0.6) is 5.75 Å². The molecule has 6 heteroatoms. The van der Waals surface area contributed by atoms with E-state index in [1.807, 2.05) is 36.4 Å². The van der Waals surface area contributed by atoms with Crippen molar-refractivity contribution in [1.29, 1.82) is 0 Å². The summed E-state index contributed by atoms with van der Waals surface area (Å²) in [6.07, 6.45) is 5.83. The molecular weight excluding hydrogens is 354 g/mol. The summed E-state index contributed by atoms with van der Waals surface area (Å²) >= 11 is 0. The lowest BCUT2D eigenvalue weighted by Gasteiger charge is -2.33. The lowest BCUT2D eigenvalue weighted by atomic mass is 10.0. The molecule has 1 amide bonds. The molecule has 0 spiro atoms. The Bertz CT molecular complexity index is 829. The molecule has 4 rings (SSSR count). The van der Waals surface area contributed by atoms with Gasteiger partial charge in [-0.25, -0.2) is 5.01 Å². The van der Waals surface area contributed by atoms with Gasteiger partial charge in [0.15, 0.2) is 0 Å². The van der Waals surface area contributed by atoms with Gasteiger partial charge in [0, 0.05) is 12.5 Å². The Kier molecular flexibility index (Phi) is 5.48. The van der Waals surface area contributed by atoms with Crippen LogP contribution in [0.2, 0.25) is 0 Å². The standard InChI is InChI=1S/C22H27N3O3/c1-16-6-3-4-12-24(16)15-22(26)25-20(21-7-5-13-28-21)14-19(23-25)17-8-10-18(27-2)11-9-17/h5,7-11,13,16,20H,3-4,6,12,14-15H2,1-2H3/t16-,20-/m0/s1. The van der Waals surface area contributed by atoms with Crippen molar-refractivity contribution in [2.75, 3.05) is 20.2 Å². The molecule has 0 saturated carbocycles. The monoisotopic (exact) mass is 381 g/mol. The van der Waals surface area contributed by atoms with Crippen LogP contribution in [0.15, 0.2) is 52.2 Å². The molecule has 0 unspecified atom stereocenters. The van der Waals surface area contributed by atoms with Crippen LogP contribution in [0.4, 0.5) is 0 Å². The third kappa shape index (κ3) is 3.83. The van der Waals surface area contributed by atoms with E-state index in [-0.39, 0.29) is 11.9 Å². The second-order valence-electron chi connectivity index (χ2n) is 7.56. The summed E-state index contributed by atoms with van der Waals surface area (Å²) < 4.78 is 10.9. The lowest BCUT2D eigenvalue weighted by molar-refractivity contribution is -0.135. The summed E-state index contributed by atoms with van der Waals surface area (Å²) in [4.78, 5) is 15.4. The summed E-state index contributed by atoms with van der Waals surface area (Å²) in [5, 5.41) is 6.34. The third-order valence-electron chi connectivity index (χ3n) is 5.74. The van der Waals surface area contributed by atoms with E-state index in [0.29, 0.717) is 19.0 Å². The summed E-state index contributed by atoms with van der Waals surface area (Å²) in [5.74, 6) is 1.60. The topological polar surface area (TPSA) is 58.3 Å². The van der Waals surface area contributed by atoms with Crippen LogP contribution in [-0.4, -0.2) is 47.8 Å². The predicted molar refractivity (Wildman–Crippen MR) is 107 cm³/mol. The first-order valence-electron chi connectivity index (χ1n) is 9.97. The van der Waals surface area contributed by atoms with Crippen LogP contribution in [0.25, 0.3) is 0 Å². The molecule has 1 fully saturated rings. The van der Waals surface area contributed by atoms with Crippen molar-refractivity contribution in [1.82, 2.24) is 9.91 Å². The Morgan fingerprint density at radius 2 is 2.07 bits per heavy atom. The molecule has 1 aromatic carbocycles. The molecule has 1 aromatic heterocycles. The number of methoxy groups -OCH3 is 1. The van der Waals surface area contributed by atoms with Crippen molar-refractivity contribution in [3.8, 4) is 5.75 Å². The number of amides is 1. The molecule has 0 aliphatic carbocycles. The van der Waals surface area contributed by atoms with E-state index < -0.39 is 0 Å². The highest BCUT2D eigenvalue weighted by atomic mass is 16.5. The number of hydrogen-bond donors (Lipinski definition) is 0. The van der Waals surface area contributed by atoms with Gasteiger partial charge in [-0.05, 0) is 68.3 Å². The average Bonchev–Trinajstić information content (AvgIpc) is 3.39. The highest BCUT2D eigenvalue weighted by molar-refractivity contribution is 6.03. The minimum atomic E-state index is -0.195. The van der Waals surface area contributed by atoms with Crippen LogP contribution in [0.1, 0.15) is 50.0 Å². The molecule has 3 heterocycles. The van der Waals surface area contributed by atoms with Gasteiger partial charge in [0.1, 0.15) is 17.6 Å². The van der Waals surface area contributed by atoms with Crippen molar-refractivity contribution < 1.29 is 13.9 Å². The van der Waals surface area contributed by atoms with Crippen molar-refractivity contribution in [2.45, 2.75) is 44.7 Å². The molecule has 0 radical (unpaired) electrons. The predicted octanol–water partition coefficient (Wildman–Crippen LogP) is 3.84. The summed E-state index contributed by atoms with van der Waals surface area (Å²) in [7, 11) is 1.65. The molecule has 2 atom stereocenters. The fraction of sp³-hybridized carbons (Fsp3) is 0.455. The third-order valence-corrected chi connectivity index (χ3v) is 5.74. The fourth-order valence-electron chi connectivity index (χ4n) is 4.04. The summed E-state index contributed by atoms with van der Waals surface area (Å²) in [6, 6.07) is 11.8. The highest BCUT2D eigenvalue weighted by Gasteiger charge is 2.36. The van der Waals surface area contributed by atoms with E-state index in [2.05, 4.69) is 11.8 Å². The van der Waals surface area contributed by atoms with Crippen molar-refractivity contribution >= 4 is 11.6 Å². The minimum Gasteiger partial charge on any atom is -0.497 e. The number of likely N-dealkylation sites (tertiary alicyclic amines) is 1. The SMILES string of the molecule is COc1ccc(C2=NN(C(=O)CN3CCCC[C@@H]3C)[C@H](c3ccco3)C2)cc1. The van der Waals surface area contributed by atoms with E-state index in [0.717, 1.165) is 42.2 Å². The van der Waals surface area contributed by atoms with Crippen molar-refractivity contribution in [3.63, 3.8) is 0 Å². The minimum absolute atomic E-state index is 0.0265. The van der Waals surface area contributed by atoms with E-state index in [1.165, 1.54) is 6.42 Å².